The average Bonchev–Trinajstić information content (AvgIpc) is 2.35. The Kier molecular flexibility index (Phi) is 4.51. The molecule has 0 aromatic rings. The highest BCUT2D eigenvalue weighted by molar-refractivity contribution is 6.17. The first-order valence-corrected chi connectivity index (χ1v) is 7.22. The molecule has 92 valence electrons. The molecule has 2 aliphatic rings. The first-order chi connectivity index (χ1) is 7.83. The van der Waals surface area contributed by atoms with E-state index < -0.39 is 0 Å². The minimum atomic E-state index is 0.345. The Morgan fingerprint density at radius 3 is 2.75 bits per heavy atom. The van der Waals surface area contributed by atoms with Crippen LogP contribution in [0.15, 0.2) is 0 Å². The lowest BCUT2D eigenvalue weighted by Crippen LogP contribution is -2.49. The highest BCUT2D eigenvalue weighted by Gasteiger charge is 2.35. The number of amides is 1. The number of halogens is 1. The van der Waals surface area contributed by atoms with E-state index in [1.165, 1.54) is 38.5 Å². The summed E-state index contributed by atoms with van der Waals surface area (Å²) in [5.41, 5.74) is 0. The molecule has 2 unspecified atom stereocenters. The summed E-state index contributed by atoms with van der Waals surface area (Å²) in [4.78, 5) is 14.2. The fraction of sp³-hybridized carbons (Fsp3) is 0.923. The molecule has 3 heteroatoms. The van der Waals surface area contributed by atoms with Crippen LogP contribution < -0.4 is 0 Å². The normalized spacial score (nSPS) is 29.9. The van der Waals surface area contributed by atoms with E-state index in [-0.39, 0.29) is 0 Å². The topological polar surface area (TPSA) is 20.3 Å². The van der Waals surface area contributed by atoms with E-state index in [2.05, 4.69) is 4.90 Å². The summed E-state index contributed by atoms with van der Waals surface area (Å²) in [6.45, 7) is 0.988. The standard InChI is InChI=1S/C13H22ClNO/c14-9-3-8-13(16)15-10-4-6-11-5-1-2-7-12(11)15/h11-12H,1-10H2. The molecule has 1 heterocycles. The Bertz CT molecular complexity index is 242. The second kappa shape index (κ2) is 5.90. The van der Waals surface area contributed by atoms with Crippen molar-refractivity contribution in [3.05, 3.63) is 0 Å². The van der Waals surface area contributed by atoms with Crippen LogP contribution in [0.2, 0.25) is 0 Å². The van der Waals surface area contributed by atoms with Crippen LogP contribution in [0.4, 0.5) is 0 Å². The van der Waals surface area contributed by atoms with Crippen molar-refractivity contribution in [1.29, 1.82) is 0 Å². The molecule has 0 aromatic heterocycles. The van der Waals surface area contributed by atoms with Crippen LogP contribution in [-0.4, -0.2) is 29.3 Å². The highest BCUT2D eigenvalue weighted by atomic mass is 35.5. The van der Waals surface area contributed by atoms with Crippen molar-refractivity contribution in [3.8, 4) is 0 Å². The molecule has 2 nitrogen and oxygen atoms in total. The second-order valence-electron chi connectivity index (χ2n) is 5.13. The average molecular weight is 244 g/mol. The zero-order valence-electron chi connectivity index (χ0n) is 9.96. The molecular weight excluding hydrogens is 222 g/mol. The molecule has 0 bridgehead atoms. The van der Waals surface area contributed by atoms with Crippen molar-refractivity contribution < 1.29 is 4.79 Å². The van der Waals surface area contributed by atoms with Crippen LogP contribution in [0, 0.1) is 5.92 Å². The van der Waals surface area contributed by atoms with Gasteiger partial charge in [-0.05, 0) is 38.0 Å². The van der Waals surface area contributed by atoms with E-state index >= 15 is 0 Å². The van der Waals surface area contributed by atoms with Crippen molar-refractivity contribution in [1.82, 2.24) is 4.90 Å². The van der Waals surface area contributed by atoms with E-state index in [4.69, 9.17) is 11.6 Å². The number of carbonyl (C=O) groups is 1. The van der Waals surface area contributed by atoms with Crippen LogP contribution in [0.3, 0.4) is 0 Å². The number of nitrogens with zero attached hydrogens (tertiary/aromatic N) is 1. The Labute approximate surface area is 103 Å². The lowest BCUT2D eigenvalue weighted by molar-refractivity contribution is -0.137. The number of likely N-dealkylation sites (tertiary alicyclic amines) is 1. The summed E-state index contributed by atoms with van der Waals surface area (Å²) >= 11 is 5.65. The van der Waals surface area contributed by atoms with Gasteiger partial charge in [0.1, 0.15) is 0 Å². The van der Waals surface area contributed by atoms with Crippen molar-refractivity contribution in [2.75, 3.05) is 12.4 Å². The number of piperidine rings is 1. The summed E-state index contributed by atoms with van der Waals surface area (Å²) in [5.74, 6) is 1.74. The lowest BCUT2D eigenvalue weighted by atomic mass is 9.78. The van der Waals surface area contributed by atoms with Gasteiger partial charge >= 0.3 is 0 Å². The van der Waals surface area contributed by atoms with Gasteiger partial charge in [0.05, 0.1) is 0 Å². The third-order valence-corrected chi connectivity index (χ3v) is 4.36. The first-order valence-electron chi connectivity index (χ1n) is 6.68. The SMILES string of the molecule is O=C(CCCCl)N1CCCC2CCCCC21. The zero-order chi connectivity index (χ0) is 11.4. The predicted molar refractivity (Wildman–Crippen MR) is 66.6 cm³/mol. The van der Waals surface area contributed by atoms with Crippen LogP contribution in [-0.2, 0) is 4.79 Å². The summed E-state index contributed by atoms with van der Waals surface area (Å²) in [6, 6.07) is 0.560. The van der Waals surface area contributed by atoms with Gasteiger partial charge in [-0.3, -0.25) is 4.79 Å². The Morgan fingerprint density at radius 1 is 1.19 bits per heavy atom. The van der Waals surface area contributed by atoms with Crippen LogP contribution in [0.1, 0.15) is 51.4 Å². The molecule has 1 amide bonds. The Hall–Kier alpha value is -0.240. The van der Waals surface area contributed by atoms with Crippen molar-refractivity contribution in [3.63, 3.8) is 0 Å². The van der Waals surface area contributed by atoms with Gasteiger partial charge in [0, 0.05) is 24.9 Å². The Morgan fingerprint density at radius 2 is 1.94 bits per heavy atom. The molecular formula is C13H22ClNO. The molecule has 2 atom stereocenters. The van der Waals surface area contributed by atoms with E-state index in [1.54, 1.807) is 0 Å². The van der Waals surface area contributed by atoms with Gasteiger partial charge in [0.15, 0.2) is 0 Å². The monoisotopic (exact) mass is 243 g/mol. The van der Waals surface area contributed by atoms with Gasteiger partial charge < -0.3 is 4.90 Å². The van der Waals surface area contributed by atoms with Gasteiger partial charge in [-0.25, -0.2) is 0 Å². The molecule has 0 radical (unpaired) electrons. The summed E-state index contributed by atoms with van der Waals surface area (Å²) in [6.07, 6.45) is 9.26. The van der Waals surface area contributed by atoms with Gasteiger partial charge in [0.25, 0.3) is 0 Å². The van der Waals surface area contributed by atoms with Crippen LogP contribution in [0.5, 0.6) is 0 Å². The first kappa shape index (κ1) is 12.2. The van der Waals surface area contributed by atoms with E-state index in [1.807, 2.05) is 0 Å². The lowest BCUT2D eigenvalue weighted by Gasteiger charge is -2.44. The number of hydrogen-bond acceptors (Lipinski definition) is 1. The molecule has 0 spiro atoms. The highest BCUT2D eigenvalue weighted by Crippen LogP contribution is 2.35. The number of rotatable bonds is 3. The minimum Gasteiger partial charge on any atom is -0.339 e. The third kappa shape index (κ3) is 2.71. The largest absolute Gasteiger partial charge is 0.339 e. The quantitative estimate of drug-likeness (QED) is 0.698. The number of carbonyl (C=O) groups excluding carboxylic acids is 1. The molecule has 16 heavy (non-hydrogen) atoms. The molecule has 0 N–H and O–H groups in total. The van der Waals surface area contributed by atoms with Gasteiger partial charge in [-0.2, -0.15) is 0 Å². The summed E-state index contributed by atoms with van der Waals surface area (Å²) < 4.78 is 0. The molecule has 1 aliphatic carbocycles. The number of alkyl halides is 1. The fourth-order valence-corrected chi connectivity index (χ4v) is 3.43. The Balaban J connectivity index is 1.93. The van der Waals surface area contributed by atoms with E-state index in [9.17, 15) is 4.79 Å². The predicted octanol–water partition coefficient (Wildman–Crippen LogP) is 3.19. The second-order valence-corrected chi connectivity index (χ2v) is 5.51. The van der Waals surface area contributed by atoms with Crippen molar-refractivity contribution in [2.24, 2.45) is 5.92 Å². The van der Waals surface area contributed by atoms with Crippen LogP contribution >= 0.6 is 11.6 Å². The summed E-state index contributed by atoms with van der Waals surface area (Å²) in [7, 11) is 0. The third-order valence-electron chi connectivity index (χ3n) is 4.09. The van der Waals surface area contributed by atoms with E-state index in [0.29, 0.717) is 24.2 Å². The maximum absolute atomic E-state index is 12.1. The summed E-state index contributed by atoms with van der Waals surface area (Å²) in [5, 5.41) is 0. The number of hydrogen-bond donors (Lipinski definition) is 0. The molecule has 1 saturated carbocycles. The maximum Gasteiger partial charge on any atom is 0.222 e. The maximum atomic E-state index is 12.1. The van der Waals surface area contributed by atoms with Gasteiger partial charge in [-0.15, -0.1) is 11.6 Å². The smallest absolute Gasteiger partial charge is 0.222 e. The molecule has 0 aromatic carbocycles. The van der Waals surface area contributed by atoms with Crippen molar-refractivity contribution >= 4 is 17.5 Å². The fourth-order valence-electron chi connectivity index (χ4n) is 3.30. The number of fused-ring (bicyclic) bond motifs is 1. The molecule has 2 rings (SSSR count). The molecule has 2 fully saturated rings. The zero-order valence-corrected chi connectivity index (χ0v) is 10.7. The van der Waals surface area contributed by atoms with Gasteiger partial charge in [-0.1, -0.05) is 12.8 Å². The van der Waals surface area contributed by atoms with Crippen molar-refractivity contribution in [2.45, 2.75) is 57.4 Å². The van der Waals surface area contributed by atoms with Crippen LogP contribution in [0.25, 0.3) is 0 Å². The molecule has 1 aliphatic heterocycles. The minimum absolute atomic E-state index is 0.345. The molecule has 1 saturated heterocycles. The van der Waals surface area contributed by atoms with E-state index in [0.717, 1.165) is 18.9 Å². The van der Waals surface area contributed by atoms with Gasteiger partial charge in [0.2, 0.25) is 5.91 Å².